The van der Waals surface area contributed by atoms with Crippen LogP contribution in [0, 0.1) is 0 Å². The van der Waals surface area contributed by atoms with Gasteiger partial charge in [-0.15, -0.1) is 0 Å². The normalized spacial score (nSPS) is 17.5. The number of quaternary nitrogens is 2. The lowest BCUT2D eigenvalue weighted by Gasteiger charge is -2.32. The molecule has 0 fully saturated rings. The molecule has 0 rings (SSSR count). The van der Waals surface area contributed by atoms with Crippen molar-refractivity contribution >= 4 is 0 Å². The molecule has 19 heavy (non-hydrogen) atoms. The van der Waals surface area contributed by atoms with Crippen LogP contribution >= 0.6 is 0 Å². The first kappa shape index (κ1) is 18.8. The lowest BCUT2D eigenvalue weighted by Crippen LogP contribution is -3.10. The minimum Gasteiger partial charge on any atom is -0.388 e. The molecule has 5 heteroatoms. The molecule has 0 bridgehead atoms. The van der Waals surface area contributed by atoms with Gasteiger partial charge in [-0.05, 0) is 20.9 Å². The van der Waals surface area contributed by atoms with Gasteiger partial charge >= 0.3 is 0 Å². The molecule has 0 spiro atoms. The zero-order chi connectivity index (χ0) is 15.1. The smallest absolute Gasteiger partial charge is 0.104 e. The molecule has 0 heterocycles. The molecule has 3 atom stereocenters. The van der Waals surface area contributed by atoms with Crippen molar-refractivity contribution in [2.24, 2.45) is 0 Å². The monoisotopic (exact) mass is 277 g/mol. The SMILES string of the molecule is CC(O)C[NH+](C)CCN(C)CC[N+](C)(C)CC(C)O. The number of aliphatic hydroxyl groups excluding tert-OH is 2. The van der Waals surface area contributed by atoms with Crippen LogP contribution in [0.4, 0.5) is 0 Å². The van der Waals surface area contributed by atoms with E-state index in [9.17, 15) is 10.2 Å². The predicted octanol–water partition coefficient (Wildman–Crippen LogP) is -1.73. The van der Waals surface area contributed by atoms with E-state index in [0.29, 0.717) is 0 Å². The lowest BCUT2D eigenvalue weighted by molar-refractivity contribution is -0.893. The summed E-state index contributed by atoms with van der Waals surface area (Å²) < 4.78 is 0.846. The van der Waals surface area contributed by atoms with Gasteiger partial charge in [0.2, 0.25) is 0 Å². The number of nitrogens with zero attached hydrogens (tertiary/aromatic N) is 2. The Labute approximate surface area is 119 Å². The van der Waals surface area contributed by atoms with E-state index in [0.717, 1.165) is 43.8 Å². The van der Waals surface area contributed by atoms with Crippen molar-refractivity contribution in [3.63, 3.8) is 0 Å². The molecule has 0 aromatic heterocycles. The average Bonchev–Trinajstić information content (AvgIpc) is 2.21. The fourth-order valence-corrected chi connectivity index (χ4v) is 2.35. The fraction of sp³-hybridized carbons (Fsp3) is 1.00. The molecule has 0 aliphatic carbocycles. The molecular formula is C14H35N3O2+2. The third kappa shape index (κ3) is 11.3. The van der Waals surface area contributed by atoms with Crippen LogP contribution in [-0.2, 0) is 0 Å². The van der Waals surface area contributed by atoms with Crippen LogP contribution in [0.15, 0.2) is 0 Å². The van der Waals surface area contributed by atoms with E-state index >= 15 is 0 Å². The fourth-order valence-electron chi connectivity index (χ4n) is 2.35. The largest absolute Gasteiger partial charge is 0.388 e. The molecule has 0 aromatic carbocycles. The van der Waals surface area contributed by atoms with Gasteiger partial charge in [0.25, 0.3) is 0 Å². The molecule has 0 radical (unpaired) electrons. The Hall–Kier alpha value is -0.200. The third-order valence-electron chi connectivity index (χ3n) is 3.41. The number of hydrogen-bond acceptors (Lipinski definition) is 3. The van der Waals surface area contributed by atoms with Gasteiger partial charge in [0.05, 0.1) is 34.2 Å². The Morgan fingerprint density at radius 1 is 1.11 bits per heavy atom. The maximum Gasteiger partial charge on any atom is 0.104 e. The molecular weight excluding hydrogens is 242 g/mol. The van der Waals surface area contributed by atoms with E-state index in [1.807, 2.05) is 13.8 Å². The summed E-state index contributed by atoms with van der Waals surface area (Å²) in [7, 11) is 8.57. The van der Waals surface area contributed by atoms with Gasteiger partial charge in [-0.25, -0.2) is 0 Å². The second-order valence-electron chi connectivity index (χ2n) is 6.75. The number of likely N-dealkylation sites (N-methyl/N-ethyl adjacent to an activating group) is 3. The van der Waals surface area contributed by atoms with E-state index in [1.54, 1.807) is 0 Å². The highest BCUT2D eigenvalue weighted by Crippen LogP contribution is 1.99. The molecule has 0 aliphatic heterocycles. The summed E-state index contributed by atoms with van der Waals surface area (Å²) in [5.74, 6) is 0. The predicted molar refractivity (Wildman–Crippen MR) is 79.3 cm³/mol. The minimum absolute atomic E-state index is 0.230. The summed E-state index contributed by atoms with van der Waals surface area (Å²) in [6.45, 7) is 9.43. The van der Waals surface area contributed by atoms with Crippen molar-refractivity contribution in [1.29, 1.82) is 0 Å². The van der Waals surface area contributed by atoms with Gasteiger partial charge in [-0.1, -0.05) is 0 Å². The molecule has 0 aliphatic rings. The molecule has 5 nitrogen and oxygen atoms in total. The van der Waals surface area contributed by atoms with Crippen molar-refractivity contribution in [2.45, 2.75) is 26.1 Å². The number of nitrogens with one attached hydrogen (secondary N) is 1. The third-order valence-corrected chi connectivity index (χ3v) is 3.41. The van der Waals surface area contributed by atoms with Crippen LogP contribution in [0.2, 0.25) is 0 Å². The molecule has 116 valence electrons. The van der Waals surface area contributed by atoms with Gasteiger partial charge in [0, 0.05) is 13.1 Å². The Bertz CT molecular complexity index is 233. The summed E-state index contributed by atoms with van der Waals surface area (Å²) in [6.07, 6.45) is -0.478. The Kier molecular flexibility index (Phi) is 8.78. The summed E-state index contributed by atoms with van der Waals surface area (Å²) in [5.41, 5.74) is 0. The molecule has 3 N–H and O–H groups in total. The van der Waals surface area contributed by atoms with Crippen LogP contribution < -0.4 is 4.90 Å². The second kappa shape index (κ2) is 8.87. The van der Waals surface area contributed by atoms with Crippen LogP contribution in [-0.4, -0.2) is 99.3 Å². The molecule has 0 saturated carbocycles. The molecule has 0 aromatic rings. The van der Waals surface area contributed by atoms with E-state index in [2.05, 4.69) is 33.1 Å². The first-order chi connectivity index (χ1) is 8.62. The lowest BCUT2D eigenvalue weighted by atomic mass is 10.3. The Morgan fingerprint density at radius 2 is 1.68 bits per heavy atom. The highest BCUT2D eigenvalue weighted by molar-refractivity contribution is 4.51. The van der Waals surface area contributed by atoms with Crippen molar-refractivity contribution < 1.29 is 19.6 Å². The summed E-state index contributed by atoms with van der Waals surface area (Å²) >= 11 is 0. The highest BCUT2D eigenvalue weighted by Gasteiger charge is 2.18. The minimum atomic E-state index is -0.248. The Morgan fingerprint density at radius 3 is 2.16 bits per heavy atom. The van der Waals surface area contributed by atoms with Crippen LogP contribution in [0.3, 0.4) is 0 Å². The van der Waals surface area contributed by atoms with Crippen LogP contribution in [0.5, 0.6) is 0 Å². The van der Waals surface area contributed by atoms with E-state index in [1.165, 1.54) is 4.90 Å². The summed E-state index contributed by atoms with van der Waals surface area (Å²) in [6, 6.07) is 0. The number of aliphatic hydroxyl groups is 2. The molecule has 3 unspecified atom stereocenters. The topological polar surface area (TPSA) is 48.1 Å². The summed E-state index contributed by atoms with van der Waals surface area (Å²) in [4.78, 5) is 3.69. The zero-order valence-electron chi connectivity index (χ0n) is 13.7. The van der Waals surface area contributed by atoms with Gasteiger partial charge in [-0.3, -0.25) is 4.90 Å². The molecule has 0 amide bonds. The van der Waals surface area contributed by atoms with Crippen LogP contribution in [0.1, 0.15) is 13.8 Å². The number of hydrogen-bond donors (Lipinski definition) is 3. The van der Waals surface area contributed by atoms with Crippen molar-refractivity contribution in [2.75, 3.05) is 67.5 Å². The maximum absolute atomic E-state index is 9.46. The van der Waals surface area contributed by atoms with Crippen molar-refractivity contribution in [3.8, 4) is 0 Å². The zero-order valence-corrected chi connectivity index (χ0v) is 13.7. The van der Waals surface area contributed by atoms with Crippen LogP contribution in [0.25, 0.3) is 0 Å². The summed E-state index contributed by atoms with van der Waals surface area (Å²) in [5, 5.41) is 18.8. The maximum atomic E-state index is 9.46. The second-order valence-corrected chi connectivity index (χ2v) is 6.75. The average molecular weight is 277 g/mol. The molecule has 0 saturated heterocycles. The van der Waals surface area contributed by atoms with E-state index in [4.69, 9.17) is 0 Å². The van der Waals surface area contributed by atoms with Crippen molar-refractivity contribution in [1.82, 2.24) is 4.90 Å². The first-order valence-corrected chi connectivity index (χ1v) is 7.30. The van der Waals surface area contributed by atoms with Gasteiger partial charge in [0.1, 0.15) is 25.3 Å². The standard InChI is InChI=1S/C14H34N3O2/c1-13(18)11-16(4)8-7-15(3)9-10-17(5,6)12-14(2)19/h13-14,18-19H,7-12H2,1-6H3/q+1/p+1. The quantitative estimate of drug-likeness (QED) is 0.416. The van der Waals surface area contributed by atoms with Crippen molar-refractivity contribution in [3.05, 3.63) is 0 Å². The van der Waals surface area contributed by atoms with E-state index in [-0.39, 0.29) is 12.2 Å². The Balaban J connectivity index is 3.83. The van der Waals surface area contributed by atoms with Gasteiger partial charge in [0.15, 0.2) is 0 Å². The van der Waals surface area contributed by atoms with E-state index < -0.39 is 0 Å². The first-order valence-electron chi connectivity index (χ1n) is 7.30. The van der Waals surface area contributed by atoms with Gasteiger partial charge in [-0.2, -0.15) is 0 Å². The highest BCUT2D eigenvalue weighted by atomic mass is 16.3. The number of rotatable bonds is 10. The van der Waals surface area contributed by atoms with Gasteiger partial charge < -0.3 is 19.6 Å².